The highest BCUT2D eigenvalue weighted by Gasteiger charge is 2.34. The second-order valence-corrected chi connectivity index (χ2v) is 8.24. The Labute approximate surface area is 169 Å². The van der Waals surface area contributed by atoms with Gasteiger partial charge in [0, 0.05) is 18.8 Å². The van der Waals surface area contributed by atoms with Crippen LogP contribution < -0.4 is 0 Å². The molecule has 0 unspecified atom stereocenters. The number of aliphatic hydroxyl groups is 1. The largest absolute Gasteiger partial charge is 0.481 e. The van der Waals surface area contributed by atoms with Crippen molar-refractivity contribution in [2.45, 2.75) is 96.0 Å². The van der Waals surface area contributed by atoms with Crippen molar-refractivity contribution in [2.24, 2.45) is 5.92 Å². The van der Waals surface area contributed by atoms with Gasteiger partial charge in [0.15, 0.2) is 0 Å². The molecule has 1 saturated carbocycles. The van der Waals surface area contributed by atoms with Crippen LogP contribution in [0.4, 0.5) is 0 Å². The molecule has 1 aliphatic carbocycles. The van der Waals surface area contributed by atoms with Crippen LogP contribution in [0.1, 0.15) is 107 Å². The maximum absolute atomic E-state index is 12.4. The molecule has 0 spiro atoms. The minimum atomic E-state index is -0.732. The number of carboxylic acid groups (broad SMARTS) is 1. The molecule has 28 heavy (non-hydrogen) atoms. The molecule has 0 aromatic heterocycles. The molecule has 0 saturated heterocycles. The van der Waals surface area contributed by atoms with Gasteiger partial charge in [-0.05, 0) is 42.7 Å². The maximum Gasteiger partial charge on any atom is 0.303 e. The van der Waals surface area contributed by atoms with Gasteiger partial charge in [0.25, 0.3) is 0 Å². The molecule has 4 heteroatoms. The van der Waals surface area contributed by atoms with E-state index in [4.69, 9.17) is 5.11 Å². The Morgan fingerprint density at radius 2 is 1.79 bits per heavy atom. The van der Waals surface area contributed by atoms with E-state index < -0.39 is 12.1 Å². The summed E-state index contributed by atoms with van der Waals surface area (Å²) >= 11 is 0. The number of hydrogen-bond donors (Lipinski definition) is 2. The average molecular weight is 389 g/mol. The number of rotatable bonds is 13. The molecule has 0 aliphatic heterocycles. The first-order valence-electron chi connectivity index (χ1n) is 11.0. The normalized spacial score (nSPS) is 20.4. The second-order valence-electron chi connectivity index (χ2n) is 8.24. The number of aliphatic hydroxyl groups excluding tert-OH is 1. The van der Waals surface area contributed by atoms with Crippen LogP contribution in [-0.2, 0) is 9.59 Å². The zero-order valence-corrected chi connectivity index (χ0v) is 17.2. The number of carboxylic acids is 1. The minimum Gasteiger partial charge on any atom is -0.481 e. The SMILES string of the molecule is CCCCC[C@@H](O)c1ccc([C@H]2CCC(=O)[C@@H]2CCCCCCC(=O)O)cc1. The van der Waals surface area contributed by atoms with E-state index in [1.807, 2.05) is 12.1 Å². The summed E-state index contributed by atoms with van der Waals surface area (Å²) in [5.74, 6) is 0.0294. The lowest BCUT2D eigenvalue weighted by molar-refractivity contribution is -0.137. The molecule has 1 fully saturated rings. The fraction of sp³-hybridized carbons (Fsp3) is 0.667. The number of aliphatic carboxylic acids is 1. The number of carbonyl (C=O) groups is 2. The van der Waals surface area contributed by atoms with Crippen LogP contribution in [0.25, 0.3) is 0 Å². The van der Waals surface area contributed by atoms with Crippen LogP contribution in [0.5, 0.6) is 0 Å². The second kappa shape index (κ2) is 12.0. The smallest absolute Gasteiger partial charge is 0.303 e. The van der Waals surface area contributed by atoms with Gasteiger partial charge in [0.05, 0.1) is 6.10 Å². The maximum atomic E-state index is 12.4. The average Bonchev–Trinajstić information content (AvgIpc) is 3.05. The van der Waals surface area contributed by atoms with Crippen LogP contribution in [0, 0.1) is 5.92 Å². The van der Waals surface area contributed by atoms with Crippen LogP contribution in [0.3, 0.4) is 0 Å². The summed E-state index contributed by atoms with van der Waals surface area (Å²) in [5, 5.41) is 19.0. The van der Waals surface area contributed by atoms with Crippen LogP contribution in [-0.4, -0.2) is 22.0 Å². The third-order valence-electron chi connectivity index (χ3n) is 6.09. The summed E-state index contributed by atoms with van der Waals surface area (Å²) < 4.78 is 0. The van der Waals surface area contributed by atoms with E-state index in [9.17, 15) is 14.7 Å². The lowest BCUT2D eigenvalue weighted by atomic mass is 9.84. The van der Waals surface area contributed by atoms with E-state index >= 15 is 0 Å². The fourth-order valence-corrected chi connectivity index (χ4v) is 4.38. The van der Waals surface area contributed by atoms with Gasteiger partial charge in [0.2, 0.25) is 0 Å². The van der Waals surface area contributed by atoms with Crippen LogP contribution in [0.2, 0.25) is 0 Å². The van der Waals surface area contributed by atoms with Gasteiger partial charge >= 0.3 is 5.97 Å². The van der Waals surface area contributed by atoms with E-state index in [0.29, 0.717) is 12.2 Å². The Bertz CT molecular complexity index is 608. The zero-order valence-electron chi connectivity index (χ0n) is 17.2. The first-order valence-corrected chi connectivity index (χ1v) is 11.0. The molecule has 1 aliphatic rings. The topological polar surface area (TPSA) is 74.6 Å². The fourth-order valence-electron chi connectivity index (χ4n) is 4.38. The van der Waals surface area contributed by atoms with Gasteiger partial charge in [-0.2, -0.15) is 0 Å². The molecule has 2 N–H and O–H groups in total. The van der Waals surface area contributed by atoms with E-state index in [2.05, 4.69) is 19.1 Å². The Morgan fingerprint density at radius 3 is 2.46 bits per heavy atom. The van der Waals surface area contributed by atoms with E-state index in [-0.39, 0.29) is 18.3 Å². The van der Waals surface area contributed by atoms with Gasteiger partial charge in [-0.1, -0.05) is 69.7 Å². The highest BCUT2D eigenvalue weighted by Crippen LogP contribution is 2.40. The predicted octanol–water partition coefficient (Wildman–Crippen LogP) is 5.79. The molecule has 3 atom stereocenters. The van der Waals surface area contributed by atoms with Crippen molar-refractivity contribution < 1.29 is 19.8 Å². The van der Waals surface area contributed by atoms with Gasteiger partial charge < -0.3 is 10.2 Å². The van der Waals surface area contributed by atoms with Gasteiger partial charge in [-0.25, -0.2) is 0 Å². The highest BCUT2D eigenvalue weighted by atomic mass is 16.4. The van der Waals surface area contributed by atoms with E-state index in [1.165, 1.54) is 5.56 Å². The molecule has 1 aromatic carbocycles. The summed E-state index contributed by atoms with van der Waals surface area (Å²) in [6.07, 6.45) is 10.1. The van der Waals surface area contributed by atoms with Gasteiger partial charge in [-0.3, -0.25) is 9.59 Å². The Balaban J connectivity index is 1.84. The van der Waals surface area contributed by atoms with Crippen molar-refractivity contribution >= 4 is 11.8 Å². The first kappa shape index (κ1) is 22.6. The number of Topliss-reactive ketones (excluding diaryl/α,β-unsaturated/α-hetero) is 1. The molecule has 0 bridgehead atoms. The first-order chi connectivity index (χ1) is 13.5. The van der Waals surface area contributed by atoms with E-state index in [1.54, 1.807) is 0 Å². The molecule has 0 radical (unpaired) electrons. The van der Waals surface area contributed by atoms with Crippen molar-refractivity contribution in [3.8, 4) is 0 Å². The third kappa shape index (κ3) is 7.05. The van der Waals surface area contributed by atoms with Crippen molar-refractivity contribution in [1.82, 2.24) is 0 Å². The monoisotopic (exact) mass is 388 g/mol. The standard InChI is InChI=1S/C24H36O4/c1-2-3-6-10-22(25)19-14-12-18(13-15-19)20-16-17-23(26)21(20)9-7-4-5-8-11-24(27)28/h12-15,20-22,25H,2-11,16-17H2,1H3,(H,27,28)/t20-,21-,22-/m1/s1. The molecular formula is C24H36O4. The number of unbranched alkanes of at least 4 members (excludes halogenated alkanes) is 5. The number of hydrogen-bond acceptors (Lipinski definition) is 3. The summed E-state index contributed by atoms with van der Waals surface area (Å²) in [5.41, 5.74) is 2.19. The van der Waals surface area contributed by atoms with Crippen molar-refractivity contribution in [1.29, 1.82) is 0 Å². The van der Waals surface area contributed by atoms with Crippen LogP contribution >= 0.6 is 0 Å². The number of carbonyl (C=O) groups excluding carboxylic acids is 1. The molecule has 156 valence electrons. The van der Waals surface area contributed by atoms with Crippen molar-refractivity contribution in [3.05, 3.63) is 35.4 Å². The summed E-state index contributed by atoms with van der Waals surface area (Å²) in [7, 11) is 0. The zero-order chi connectivity index (χ0) is 20.4. The number of ketones is 1. The number of benzene rings is 1. The molecule has 0 amide bonds. The van der Waals surface area contributed by atoms with E-state index in [0.717, 1.165) is 69.8 Å². The Morgan fingerprint density at radius 1 is 1.07 bits per heavy atom. The highest BCUT2D eigenvalue weighted by molar-refractivity contribution is 5.84. The molecular weight excluding hydrogens is 352 g/mol. The molecule has 4 nitrogen and oxygen atoms in total. The predicted molar refractivity (Wildman–Crippen MR) is 111 cm³/mol. The lowest BCUT2D eigenvalue weighted by Gasteiger charge is -2.20. The van der Waals surface area contributed by atoms with Crippen molar-refractivity contribution in [2.75, 3.05) is 0 Å². The van der Waals surface area contributed by atoms with Crippen LogP contribution in [0.15, 0.2) is 24.3 Å². The summed E-state index contributed by atoms with van der Waals surface area (Å²) in [6, 6.07) is 8.25. The molecule has 1 aromatic rings. The third-order valence-corrected chi connectivity index (χ3v) is 6.09. The quantitative estimate of drug-likeness (QED) is 0.420. The molecule has 2 rings (SSSR count). The van der Waals surface area contributed by atoms with Gasteiger partial charge in [-0.15, -0.1) is 0 Å². The van der Waals surface area contributed by atoms with Gasteiger partial charge in [0.1, 0.15) is 5.78 Å². The Kier molecular flexibility index (Phi) is 9.69. The summed E-state index contributed by atoms with van der Waals surface area (Å²) in [4.78, 5) is 22.9. The molecule has 0 heterocycles. The minimum absolute atomic E-state index is 0.0970. The van der Waals surface area contributed by atoms with Crippen molar-refractivity contribution in [3.63, 3.8) is 0 Å². The summed E-state index contributed by atoms with van der Waals surface area (Å²) in [6.45, 7) is 2.16. The lowest BCUT2D eigenvalue weighted by Crippen LogP contribution is -2.13. The Hall–Kier alpha value is -1.68.